The van der Waals surface area contributed by atoms with Crippen LogP contribution in [0.15, 0.2) is 30.3 Å². The van der Waals surface area contributed by atoms with Crippen molar-refractivity contribution < 1.29 is 5.11 Å². The van der Waals surface area contributed by atoms with Crippen LogP contribution in [-0.2, 0) is 5.60 Å². The standard InChI is InChI=1S/C13H18O/c1-11-6-5-9-13(14,10-11)12-7-3-2-4-8-12/h2-4,7-8,11,14H,5-6,9-10H2,1H3/t11-,13-/m1/s1. The van der Waals surface area contributed by atoms with Gasteiger partial charge in [-0.05, 0) is 30.7 Å². The Bertz CT molecular complexity index is 293. The summed E-state index contributed by atoms with van der Waals surface area (Å²) >= 11 is 0. The molecule has 1 aliphatic carbocycles. The molecule has 0 radical (unpaired) electrons. The van der Waals surface area contributed by atoms with Crippen molar-refractivity contribution in [1.82, 2.24) is 0 Å². The van der Waals surface area contributed by atoms with Crippen LogP contribution in [0.1, 0.15) is 38.2 Å². The average Bonchev–Trinajstić information content (AvgIpc) is 2.19. The van der Waals surface area contributed by atoms with E-state index >= 15 is 0 Å². The molecule has 0 heterocycles. The van der Waals surface area contributed by atoms with E-state index in [0.29, 0.717) is 5.92 Å². The first-order chi connectivity index (χ1) is 6.71. The van der Waals surface area contributed by atoms with E-state index in [4.69, 9.17) is 0 Å². The maximum Gasteiger partial charge on any atom is 0.0899 e. The lowest BCUT2D eigenvalue weighted by Crippen LogP contribution is -2.31. The Morgan fingerprint density at radius 3 is 2.64 bits per heavy atom. The number of hydrogen-bond donors (Lipinski definition) is 1. The molecule has 0 spiro atoms. The maximum absolute atomic E-state index is 10.5. The molecule has 1 saturated carbocycles. The van der Waals surface area contributed by atoms with Crippen molar-refractivity contribution in [3.63, 3.8) is 0 Å². The first-order valence-electron chi connectivity index (χ1n) is 5.49. The molecule has 1 heteroatoms. The second-order valence-electron chi connectivity index (χ2n) is 4.60. The number of rotatable bonds is 1. The summed E-state index contributed by atoms with van der Waals surface area (Å²) in [5, 5.41) is 10.5. The van der Waals surface area contributed by atoms with Crippen LogP contribution in [-0.4, -0.2) is 5.11 Å². The molecule has 1 aromatic rings. The highest BCUT2D eigenvalue weighted by Crippen LogP contribution is 2.39. The zero-order valence-corrected chi connectivity index (χ0v) is 8.74. The number of aliphatic hydroxyl groups is 1. The van der Waals surface area contributed by atoms with Gasteiger partial charge < -0.3 is 5.11 Å². The molecule has 76 valence electrons. The Hall–Kier alpha value is -0.820. The van der Waals surface area contributed by atoms with Gasteiger partial charge in [-0.15, -0.1) is 0 Å². The molecule has 1 nitrogen and oxygen atoms in total. The quantitative estimate of drug-likeness (QED) is 0.721. The summed E-state index contributed by atoms with van der Waals surface area (Å²) in [5.41, 5.74) is 0.533. The van der Waals surface area contributed by atoms with Crippen LogP contribution >= 0.6 is 0 Å². The van der Waals surface area contributed by atoms with Gasteiger partial charge >= 0.3 is 0 Å². The fourth-order valence-electron chi connectivity index (χ4n) is 2.53. The fourth-order valence-corrected chi connectivity index (χ4v) is 2.53. The highest BCUT2D eigenvalue weighted by Gasteiger charge is 2.33. The summed E-state index contributed by atoms with van der Waals surface area (Å²) in [6.45, 7) is 2.23. The van der Waals surface area contributed by atoms with Crippen LogP contribution in [0.5, 0.6) is 0 Å². The van der Waals surface area contributed by atoms with E-state index in [1.807, 2.05) is 30.3 Å². The van der Waals surface area contributed by atoms with Gasteiger partial charge in [0.1, 0.15) is 0 Å². The van der Waals surface area contributed by atoms with Gasteiger partial charge in [-0.25, -0.2) is 0 Å². The summed E-state index contributed by atoms with van der Waals surface area (Å²) in [6.07, 6.45) is 4.24. The van der Waals surface area contributed by atoms with Gasteiger partial charge in [-0.2, -0.15) is 0 Å². The summed E-state index contributed by atoms with van der Waals surface area (Å²) in [5.74, 6) is 0.647. The van der Waals surface area contributed by atoms with E-state index in [1.165, 1.54) is 6.42 Å². The van der Waals surface area contributed by atoms with Crippen LogP contribution in [0.25, 0.3) is 0 Å². The minimum atomic E-state index is -0.557. The third-order valence-electron chi connectivity index (χ3n) is 3.28. The zero-order valence-electron chi connectivity index (χ0n) is 8.74. The van der Waals surface area contributed by atoms with E-state index in [0.717, 1.165) is 24.8 Å². The summed E-state index contributed by atoms with van der Waals surface area (Å²) < 4.78 is 0. The Morgan fingerprint density at radius 2 is 2.00 bits per heavy atom. The molecule has 0 unspecified atom stereocenters. The van der Waals surface area contributed by atoms with Crippen molar-refractivity contribution in [2.75, 3.05) is 0 Å². The maximum atomic E-state index is 10.5. The Labute approximate surface area is 85.8 Å². The van der Waals surface area contributed by atoms with Crippen LogP contribution in [0.2, 0.25) is 0 Å². The first-order valence-corrected chi connectivity index (χ1v) is 5.49. The monoisotopic (exact) mass is 190 g/mol. The van der Waals surface area contributed by atoms with Crippen molar-refractivity contribution >= 4 is 0 Å². The molecular formula is C13H18O. The van der Waals surface area contributed by atoms with Crippen LogP contribution in [0.3, 0.4) is 0 Å². The smallest absolute Gasteiger partial charge is 0.0899 e. The molecule has 0 aromatic heterocycles. The molecule has 0 bridgehead atoms. The SMILES string of the molecule is C[C@@H]1CCC[C@](O)(c2ccccc2)C1. The Kier molecular flexibility index (Phi) is 2.60. The van der Waals surface area contributed by atoms with E-state index in [2.05, 4.69) is 6.92 Å². The van der Waals surface area contributed by atoms with E-state index in [9.17, 15) is 5.11 Å². The lowest BCUT2D eigenvalue weighted by molar-refractivity contribution is -0.0178. The van der Waals surface area contributed by atoms with Gasteiger partial charge in [-0.1, -0.05) is 43.7 Å². The minimum absolute atomic E-state index is 0.557. The molecule has 1 aliphatic rings. The van der Waals surface area contributed by atoms with Crippen molar-refractivity contribution in [1.29, 1.82) is 0 Å². The topological polar surface area (TPSA) is 20.2 Å². The van der Waals surface area contributed by atoms with Crippen molar-refractivity contribution in [3.05, 3.63) is 35.9 Å². The van der Waals surface area contributed by atoms with Crippen LogP contribution in [0.4, 0.5) is 0 Å². The second-order valence-corrected chi connectivity index (χ2v) is 4.60. The Balaban J connectivity index is 2.23. The molecule has 14 heavy (non-hydrogen) atoms. The zero-order chi connectivity index (χ0) is 10.0. The van der Waals surface area contributed by atoms with Gasteiger partial charge in [0, 0.05) is 0 Å². The molecule has 2 rings (SSSR count). The van der Waals surface area contributed by atoms with E-state index < -0.39 is 5.60 Å². The van der Waals surface area contributed by atoms with E-state index in [1.54, 1.807) is 0 Å². The highest BCUT2D eigenvalue weighted by molar-refractivity contribution is 5.22. The molecule has 2 atom stereocenters. The van der Waals surface area contributed by atoms with Crippen molar-refractivity contribution in [3.8, 4) is 0 Å². The summed E-state index contributed by atoms with van der Waals surface area (Å²) in [4.78, 5) is 0. The molecule has 1 aromatic carbocycles. The van der Waals surface area contributed by atoms with Crippen LogP contribution in [0, 0.1) is 5.92 Å². The molecular weight excluding hydrogens is 172 g/mol. The van der Waals surface area contributed by atoms with Gasteiger partial charge in [0.15, 0.2) is 0 Å². The number of benzene rings is 1. The van der Waals surface area contributed by atoms with Gasteiger partial charge in [0.2, 0.25) is 0 Å². The third-order valence-corrected chi connectivity index (χ3v) is 3.28. The third kappa shape index (κ3) is 1.83. The molecule has 0 saturated heterocycles. The second kappa shape index (κ2) is 3.74. The van der Waals surface area contributed by atoms with Gasteiger partial charge in [0.25, 0.3) is 0 Å². The first kappa shape index (κ1) is 9.72. The molecule has 1 fully saturated rings. The number of hydrogen-bond acceptors (Lipinski definition) is 1. The summed E-state index contributed by atoms with van der Waals surface area (Å²) in [6, 6.07) is 10.1. The molecule has 0 aliphatic heterocycles. The average molecular weight is 190 g/mol. The molecule has 0 amide bonds. The molecule has 1 N–H and O–H groups in total. The lowest BCUT2D eigenvalue weighted by Gasteiger charge is -2.35. The summed E-state index contributed by atoms with van der Waals surface area (Å²) in [7, 11) is 0. The predicted molar refractivity (Wildman–Crippen MR) is 58.0 cm³/mol. The van der Waals surface area contributed by atoms with Gasteiger partial charge in [0.05, 0.1) is 5.60 Å². The fraction of sp³-hybridized carbons (Fsp3) is 0.538. The van der Waals surface area contributed by atoms with Crippen molar-refractivity contribution in [2.45, 2.75) is 38.2 Å². The predicted octanol–water partition coefficient (Wildman–Crippen LogP) is 3.08. The minimum Gasteiger partial charge on any atom is -0.385 e. The van der Waals surface area contributed by atoms with E-state index in [-0.39, 0.29) is 0 Å². The van der Waals surface area contributed by atoms with Crippen LogP contribution < -0.4 is 0 Å². The Morgan fingerprint density at radius 1 is 1.29 bits per heavy atom. The lowest BCUT2D eigenvalue weighted by atomic mass is 9.75. The highest BCUT2D eigenvalue weighted by atomic mass is 16.3. The largest absolute Gasteiger partial charge is 0.385 e. The van der Waals surface area contributed by atoms with Gasteiger partial charge in [-0.3, -0.25) is 0 Å². The normalized spacial score (nSPS) is 32.9. The van der Waals surface area contributed by atoms with Crippen molar-refractivity contribution in [2.24, 2.45) is 5.92 Å².